The third kappa shape index (κ3) is 8.57. The van der Waals surface area contributed by atoms with Crippen molar-refractivity contribution in [1.82, 2.24) is 10.2 Å². The van der Waals surface area contributed by atoms with Gasteiger partial charge in [0.2, 0.25) is 0 Å². The van der Waals surface area contributed by atoms with Gasteiger partial charge in [0.25, 0.3) is 0 Å². The molecule has 0 aliphatic carbocycles. The fourth-order valence-electron chi connectivity index (χ4n) is 1.20. The minimum absolute atomic E-state index is 0.0179. The Hall–Kier alpha value is -1.12. The summed E-state index contributed by atoms with van der Waals surface area (Å²) in [6.45, 7) is 3.30. The van der Waals surface area contributed by atoms with Gasteiger partial charge in [-0.25, -0.2) is 4.79 Å². The SMILES string of the molecule is CCN(CC(C)C(=O)O)C(=O)NCCSC(F)(F)F. The predicted molar refractivity (Wildman–Crippen MR) is 66.0 cm³/mol. The average molecular weight is 302 g/mol. The number of alkyl halides is 3. The lowest BCUT2D eigenvalue weighted by Crippen LogP contribution is -2.43. The van der Waals surface area contributed by atoms with Gasteiger partial charge in [-0.2, -0.15) is 13.2 Å². The maximum Gasteiger partial charge on any atom is 0.441 e. The molecule has 0 saturated heterocycles. The molecule has 112 valence electrons. The first kappa shape index (κ1) is 17.9. The van der Waals surface area contributed by atoms with E-state index < -0.39 is 23.4 Å². The van der Waals surface area contributed by atoms with Crippen molar-refractivity contribution in [3.05, 3.63) is 0 Å². The molecule has 0 aliphatic rings. The Bertz CT molecular complexity index is 313. The summed E-state index contributed by atoms with van der Waals surface area (Å²) in [7, 11) is 0. The van der Waals surface area contributed by atoms with E-state index >= 15 is 0 Å². The van der Waals surface area contributed by atoms with Crippen molar-refractivity contribution in [1.29, 1.82) is 0 Å². The minimum Gasteiger partial charge on any atom is -0.481 e. The van der Waals surface area contributed by atoms with Gasteiger partial charge in [0.15, 0.2) is 0 Å². The van der Waals surface area contributed by atoms with E-state index in [1.54, 1.807) is 6.92 Å². The van der Waals surface area contributed by atoms with E-state index in [9.17, 15) is 22.8 Å². The van der Waals surface area contributed by atoms with Crippen molar-refractivity contribution < 1.29 is 27.9 Å². The first-order valence-electron chi connectivity index (χ1n) is 5.63. The molecule has 1 atom stereocenters. The Morgan fingerprint density at radius 2 is 2.00 bits per heavy atom. The number of thioether (sulfide) groups is 1. The zero-order valence-electron chi connectivity index (χ0n) is 10.7. The average Bonchev–Trinajstić information content (AvgIpc) is 2.29. The van der Waals surface area contributed by atoms with E-state index in [-0.39, 0.29) is 37.1 Å². The van der Waals surface area contributed by atoms with Crippen molar-refractivity contribution in [2.24, 2.45) is 5.92 Å². The van der Waals surface area contributed by atoms with E-state index in [0.29, 0.717) is 0 Å². The van der Waals surface area contributed by atoms with Crippen LogP contribution in [0.25, 0.3) is 0 Å². The minimum atomic E-state index is -4.31. The van der Waals surface area contributed by atoms with E-state index in [2.05, 4.69) is 5.32 Å². The zero-order chi connectivity index (χ0) is 15.1. The lowest BCUT2D eigenvalue weighted by molar-refractivity contribution is -0.141. The van der Waals surface area contributed by atoms with Crippen LogP contribution in [0.15, 0.2) is 0 Å². The number of rotatable bonds is 7. The topological polar surface area (TPSA) is 69.6 Å². The van der Waals surface area contributed by atoms with Crippen LogP contribution >= 0.6 is 11.8 Å². The highest BCUT2D eigenvalue weighted by atomic mass is 32.2. The lowest BCUT2D eigenvalue weighted by Gasteiger charge is -2.23. The molecule has 0 aromatic carbocycles. The molecule has 0 bridgehead atoms. The highest BCUT2D eigenvalue weighted by Crippen LogP contribution is 2.29. The van der Waals surface area contributed by atoms with Gasteiger partial charge in [-0.1, -0.05) is 6.92 Å². The number of carbonyl (C=O) groups is 2. The van der Waals surface area contributed by atoms with Crippen LogP contribution < -0.4 is 5.32 Å². The molecule has 0 radical (unpaired) electrons. The van der Waals surface area contributed by atoms with Gasteiger partial charge in [-0.15, -0.1) is 0 Å². The fourth-order valence-corrected chi connectivity index (χ4v) is 1.64. The standard InChI is InChI=1S/C10H17F3N2O3S/c1-3-15(6-7(2)8(16)17)9(18)14-4-5-19-10(11,12)13/h7H,3-6H2,1-2H3,(H,14,18)(H,16,17). The summed E-state index contributed by atoms with van der Waals surface area (Å²) < 4.78 is 35.5. The number of hydrogen-bond donors (Lipinski definition) is 2. The number of carboxylic acid groups (broad SMARTS) is 1. The van der Waals surface area contributed by atoms with Gasteiger partial charge in [0.1, 0.15) is 0 Å². The second kappa shape index (κ2) is 8.13. The van der Waals surface area contributed by atoms with E-state index in [4.69, 9.17) is 5.11 Å². The van der Waals surface area contributed by atoms with Gasteiger partial charge in [-0.05, 0) is 18.7 Å². The van der Waals surface area contributed by atoms with Crippen molar-refractivity contribution in [3.8, 4) is 0 Å². The Labute approximate surface area is 113 Å². The van der Waals surface area contributed by atoms with Crippen LogP contribution in [0.4, 0.5) is 18.0 Å². The molecule has 5 nitrogen and oxygen atoms in total. The number of nitrogens with one attached hydrogen (secondary N) is 1. The Morgan fingerprint density at radius 1 is 1.42 bits per heavy atom. The van der Waals surface area contributed by atoms with Crippen LogP contribution in [0.2, 0.25) is 0 Å². The maximum absolute atomic E-state index is 11.8. The van der Waals surface area contributed by atoms with E-state index in [0.717, 1.165) is 0 Å². The molecule has 9 heteroatoms. The van der Waals surface area contributed by atoms with Gasteiger partial charge < -0.3 is 15.3 Å². The number of hydrogen-bond acceptors (Lipinski definition) is 3. The molecule has 0 rings (SSSR count). The van der Waals surface area contributed by atoms with Crippen LogP contribution in [0.3, 0.4) is 0 Å². The molecular weight excluding hydrogens is 285 g/mol. The molecular formula is C10H17F3N2O3S. The second-order valence-electron chi connectivity index (χ2n) is 3.80. The quantitative estimate of drug-likeness (QED) is 0.706. The molecule has 19 heavy (non-hydrogen) atoms. The van der Waals surface area contributed by atoms with Gasteiger partial charge in [0, 0.05) is 25.4 Å². The number of carboxylic acids is 1. The molecule has 0 spiro atoms. The highest BCUT2D eigenvalue weighted by molar-refractivity contribution is 8.00. The number of amides is 2. The second-order valence-corrected chi connectivity index (χ2v) is 4.96. The third-order valence-corrected chi connectivity index (χ3v) is 2.96. The molecule has 0 aliphatic heterocycles. The van der Waals surface area contributed by atoms with Crippen LogP contribution in [-0.4, -0.2) is 52.9 Å². The highest BCUT2D eigenvalue weighted by Gasteiger charge is 2.27. The Balaban J connectivity index is 4.05. The van der Waals surface area contributed by atoms with Crippen molar-refractivity contribution >= 4 is 23.8 Å². The Kier molecular flexibility index (Phi) is 7.65. The summed E-state index contributed by atoms with van der Waals surface area (Å²) >= 11 is -0.214. The Morgan fingerprint density at radius 3 is 2.42 bits per heavy atom. The van der Waals surface area contributed by atoms with Crippen LogP contribution in [0.1, 0.15) is 13.8 Å². The van der Waals surface area contributed by atoms with Crippen molar-refractivity contribution in [2.45, 2.75) is 19.4 Å². The van der Waals surface area contributed by atoms with Crippen LogP contribution in [0, 0.1) is 5.92 Å². The van der Waals surface area contributed by atoms with E-state index in [1.807, 2.05) is 0 Å². The smallest absolute Gasteiger partial charge is 0.441 e. The number of halogens is 3. The first-order valence-corrected chi connectivity index (χ1v) is 6.62. The molecule has 0 fully saturated rings. The number of urea groups is 1. The third-order valence-electron chi connectivity index (χ3n) is 2.23. The van der Waals surface area contributed by atoms with Crippen LogP contribution in [0.5, 0.6) is 0 Å². The summed E-state index contributed by atoms with van der Waals surface area (Å²) in [5.41, 5.74) is -4.31. The first-order chi connectivity index (χ1) is 8.67. The van der Waals surface area contributed by atoms with E-state index in [1.165, 1.54) is 11.8 Å². The van der Waals surface area contributed by atoms with Crippen LogP contribution in [-0.2, 0) is 4.79 Å². The molecule has 2 N–H and O–H groups in total. The summed E-state index contributed by atoms with van der Waals surface area (Å²) in [6, 6.07) is -0.557. The van der Waals surface area contributed by atoms with Crippen molar-refractivity contribution in [3.63, 3.8) is 0 Å². The number of carbonyl (C=O) groups excluding carboxylic acids is 1. The predicted octanol–water partition coefficient (Wildman–Crippen LogP) is 1.99. The van der Waals surface area contributed by atoms with Gasteiger partial charge in [-0.3, -0.25) is 4.79 Å². The lowest BCUT2D eigenvalue weighted by atomic mass is 10.2. The maximum atomic E-state index is 11.8. The molecule has 2 amide bonds. The summed E-state index contributed by atoms with van der Waals surface area (Å²) in [5.74, 6) is -2.03. The van der Waals surface area contributed by atoms with Gasteiger partial charge in [0.05, 0.1) is 5.92 Å². The summed E-state index contributed by atoms with van der Waals surface area (Å²) in [5, 5.41) is 11.0. The zero-order valence-corrected chi connectivity index (χ0v) is 11.5. The molecule has 0 heterocycles. The molecule has 1 unspecified atom stereocenters. The summed E-state index contributed by atoms with van der Waals surface area (Å²) in [4.78, 5) is 23.5. The number of aliphatic carboxylic acids is 1. The molecule has 0 aromatic rings. The monoisotopic (exact) mass is 302 g/mol. The molecule has 0 aromatic heterocycles. The van der Waals surface area contributed by atoms with Gasteiger partial charge >= 0.3 is 17.5 Å². The fraction of sp³-hybridized carbons (Fsp3) is 0.800. The molecule has 0 saturated carbocycles. The van der Waals surface area contributed by atoms with Crippen molar-refractivity contribution in [2.75, 3.05) is 25.4 Å². The normalized spacial score (nSPS) is 12.9. The summed E-state index contributed by atoms with van der Waals surface area (Å²) in [6.07, 6.45) is 0. The largest absolute Gasteiger partial charge is 0.481 e. The number of nitrogens with zero attached hydrogens (tertiary/aromatic N) is 1.